The first-order chi connectivity index (χ1) is 7.24. The fourth-order valence-electron chi connectivity index (χ4n) is 1.22. The van der Waals surface area contributed by atoms with E-state index in [1.165, 1.54) is 18.9 Å². The lowest BCUT2D eigenvalue weighted by molar-refractivity contribution is -0.117. The van der Waals surface area contributed by atoms with Gasteiger partial charge in [0.1, 0.15) is 0 Å². The summed E-state index contributed by atoms with van der Waals surface area (Å²) in [6.45, 7) is 1.57. The Bertz CT molecular complexity index is 303. The van der Waals surface area contributed by atoms with Crippen LogP contribution in [0.1, 0.15) is 18.4 Å². The van der Waals surface area contributed by atoms with Crippen molar-refractivity contribution in [2.24, 2.45) is 0 Å². The van der Waals surface area contributed by atoms with E-state index < -0.39 is 0 Å². The highest BCUT2D eigenvalue weighted by Crippen LogP contribution is 2.18. The second-order valence-electron chi connectivity index (χ2n) is 3.26. The van der Waals surface area contributed by atoms with Crippen molar-refractivity contribution in [2.45, 2.75) is 12.8 Å². The molecule has 0 saturated carbocycles. The first-order valence-electron chi connectivity index (χ1n) is 4.78. The zero-order valence-electron chi connectivity index (χ0n) is 8.64. The molecule has 1 aromatic carbocycles. The highest BCUT2D eigenvalue weighted by atomic mass is 32.2. The van der Waals surface area contributed by atoms with Crippen molar-refractivity contribution in [1.29, 1.82) is 0 Å². The van der Waals surface area contributed by atoms with Crippen molar-refractivity contribution < 1.29 is 9.90 Å². The van der Waals surface area contributed by atoms with Crippen LogP contribution in [0, 0.1) is 0 Å². The summed E-state index contributed by atoms with van der Waals surface area (Å²) in [5, 5.41) is 9.22. The minimum absolute atomic E-state index is 0.0650. The van der Waals surface area contributed by atoms with Gasteiger partial charge in [0.2, 0.25) is 5.91 Å². The van der Waals surface area contributed by atoms with Crippen LogP contribution in [-0.2, 0) is 4.79 Å². The summed E-state index contributed by atoms with van der Waals surface area (Å²) in [5.74, 6) is 0.688. The Balaban J connectivity index is 2.46. The number of hydrogen-bond donors (Lipinski definition) is 2. The van der Waals surface area contributed by atoms with Gasteiger partial charge in [0.15, 0.2) is 0 Å². The molecule has 0 aliphatic rings. The molecule has 0 heterocycles. The van der Waals surface area contributed by atoms with E-state index >= 15 is 0 Å². The highest BCUT2D eigenvalue weighted by Gasteiger charge is 2.10. The third-order valence-corrected chi connectivity index (χ3v) is 2.99. The Hall–Kier alpha value is -1.00. The van der Waals surface area contributed by atoms with Crippen LogP contribution in [0.4, 0.5) is 0 Å². The number of carbonyl (C=O) groups is 1. The number of nitrogens with one attached hydrogen (secondary N) is 1. The van der Waals surface area contributed by atoms with Gasteiger partial charge >= 0.3 is 0 Å². The van der Waals surface area contributed by atoms with E-state index in [-0.39, 0.29) is 18.4 Å². The number of hydrogen-bond acceptors (Lipinski definition) is 3. The smallest absolute Gasteiger partial charge is 0.226 e. The minimum atomic E-state index is -0.0650. The standard InChI is InChI=1S/C11H15NO2S/c1-9(14)12-15-8-11(7-13)10-5-3-2-4-6-10/h2-6,11,13H,7-8H2,1H3,(H,12,14). The molecule has 1 aromatic rings. The third-order valence-electron chi connectivity index (χ3n) is 1.99. The van der Waals surface area contributed by atoms with Crippen LogP contribution in [-0.4, -0.2) is 23.4 Å². The van der Waals surface area contributed by atoms with E-state index in [4.69, 9.17) is 0 Å². The third kappa shape index (κ3) is 4.36. The molecule has 0 spiro atoms. The Kier molecular flexibility index (Phi) is 5.21. The van der Waals surface area contributed by atoms with E-state index in [9.17, 15) is 9.90 Å². The maximum Gasteiger partial charge on any atom is 0.226 e. The van der Waals surface area contributed by atoms with Gasteiger partial charge in [-0.3, -0.25) is 4.79 Å². The summed E-state index contributed by atoms with van der Waals surface area (Å²) in [5.41, 5.74) is 1.10. The summed E-state index contributed by atoms with van der Waals surface area (Å²) in [7, 11) is 0. The van der Waals surface area contributed by atoms with Crippen molar-refractivity contribution in [3.8, 4) is 0 Å². The molecule has 1 unspecified atom stereocenters. The number of amides is 1. The second kappa shape index (κ2) is 6.48. The predicted octanol–water partition coefficient (Wildman–Crippen LogP) is 1.55. The second-order valence-corrected chi connectivity index (χ2v) is 4.09. The molecule has 3 nitrogen and oxygen atoms in total. The van der Waals surface area contributed by atoms with Gasteiger partial charge in [0.25, 0.3) is 0 Å². The molecular weight excluding hydrogens is 210 g/mol. The summed E-state index contributed by atoms with van der Waals surface area (Å²) >= 11 is 1.33. The summed E-state index contributed by atoms with van der Waals surface area (Å²) in [4.78, 5) is 10.7. The first kappa shape index (κ1) is 12.1. The molecule has 0 radical (unpaired) electrons. The van der Waals surface area contributed by atoms with Gasteiger partial charge < -0.3 is 9.83 Å². The maximum atomic E-state index is 10.7. The SMILES string of the molecule is CC(=O)NSCC(CO)c1ccccc1. The largest absolute Gasteiger partial charge is 0.396 e. The maximum absolute atomic E-state index is 10.7. The van der Waals surface area contributed by atoms with Crippen LogP contribution in [0.15, 0.2) is 30.3 Å². The van der Waals surface area contributed by atoms with E-state index in [0.29, 0.717) is 5.75 Å². The van der Waals surface area contributed by atoms with Gasteiger partial charge in [0, 0.05) is 18.6 Å². The van der Waals surface area contributed by atoms with Crippen LogP contribution in [0.3, 0.4) is 0 Å². The topological polar surface area (TPSA) is 49.3 Å². The van der Waals surface area contributed by atoms with Crippen LogP contribution in [0.25, 0.3) is 0 Å². The first-order valence-corrected chi connectivity index (χ1v) is 5.76. The monoisotopic (exact) mass is 225 g/mol. The molecule has 1 rings (SSSR count). The normalized spacial score (nSPS) is 12.1. The van der Waals surface area contributed by atoms with E-state index in [1.54, 1.807) is 0 Å². The molecule has 82 valence electrons. The molecule has 0 aromatic heterocycles. The Morgan fingerprint density at radius 1 is 1.47 bits per heavy atom. The van der Waals surface area contributed by atoms with Crippen LogP contribution < -0.4 is 4.72 Å². The van der Waals surface area contributed by atoms with Crippen molar-refractivity contribution in [3.05, 3.63) is 35.9 Å². The molecule has 4 heteroatoms. The molecule has 0 fully saturated rings. The molecule has 2 N–H and O–H groups in total. The van der Waals surface area contributed by atoms with Gasteiger partial charge in [-0.2, -0.15) is 0 Å². The van der Waals surface area contributed by atoms with Gasteiger partial charge in [-0.1, -0.05) is 30.3 Å². The average molecular weight is 225 g/mol. The average Bonchev–Trinajstić information content (AvgIpc) is 2.25. The van der Waals surface area contributed by atoms with E-state index in [2.05, 4.69) is 4.72 Å². The summed E-state index contributed by atoms with van der Waals surface area (Å²) in [6.07, 6.45) is 0. The van der Waals surface area contributed by atoms with Crippen LogP contribution in [0.5, 0.6) is 0 Å². The van der Waals surface area contributed by atoms with Crippen molar-refractivity contribution in [1.82, 2.24) is 4.72 Å². The van der Waals surface area contributed by atoms with Gasteiger partial charge in [0.05, 0.1) is 6.61 Å². The number of benzene rings is 1. The van der Waals surface area contributed by atoms with Gasteiger partial charge in [-0.05, 0) is 17.5 Å². The Morgan fingerprint density at radius 3 is 2.67 bits per heavy atom. The lowest BCUT2D eigenvalue weighted by Crippen LogP contribution is -2.15. The lowest BCUT2D eigenvalue weighted by Gasteiger charge is -2.13. The fourth-order valence-corrected chi connectivity index (χ4v) is 2.01. The van der Waals surface area contributed by atoms with E-state index in [0.717, 1.165) is 5.56 Å². The molecule has 1 atom stereocenters. The molecule has 0 aliphatic heterocycles. The summed E-state index contributed by atoms with van der Waals surface area (Å²) < 4.78 is 2.65. The van der Waals surface area contributed by atoms with Gasteiger partial charge in [-0.25, -0.2) is 0 Å². The highest BCUT2D eigenvalue weighted by molar-refractivity contribution is 7.97. The number of carbonyl (C=O) groups excluding carboxylic acids is 1. The zero-order chi connectivity index (χ0) is 11.1. The minimum Gasteiger partial charge on any atom is -0.396 e. The summed E-state index contributed by atoms with van der Waals surface area (Å²) in [6, 6.07) is 9.80. The molecule has 0 bridgehead atoms. The molecule has 1 amide bonds. The Labute approximate surface area is 94.0 Å². The number of aliphatic hydroxyl groups is 1. The van der Waals surface area contributed by atoms with Crippen molar-refractivity contribution >= 4 is 17.9 Å². The Morgan fingerprint density at radius 2 is 2.13 bits per heavy atom. The van der Waals surface area contributed by atoms with Crippen molar-refractivity contribution in [2.75, 3.05) is 12.4 Å². The molecular formula is C11H15NO2S. The zero-order valence-corrected chi connectivity index (χ0v) is 9.46. The van der Waals surface area contributed by atoms with E-state index in [1.807, 2.05) is 30.3 Å². The van der Waals surface area contributed by atoms with Crippen molar-refractivity contribution in [3.63, 3.8) is 0 Å². The quantitative estimate of drug-likeness (QED) is 0.747. The molecule has 0 aliphatic carbocycles. The van der Waals surface area contributed by atoms with Crippen LogP contribution in [0.2, 0.25) is 0 Å². The lowest BCUT2D eigenvalue weighted by atomic mass is 10.0. The predicted molar refractivity (Wildman–Crippen MR) is 62.5 cm³/mol. The fraction of sp³-hybridized carbons (Fsp3) is 0.364. The van der Waals surface area contributed by atoms with Gasteiger partial charge in [-0.15, -0.1) is 0 Å². The van der Waals surface area contributed by atoms with Crippen LogP contribution >= 0.6 is 11.9 Å². The molecule has 0 saturated heterocycles. The number of rotatable bonds is 5. The number of aliphatic hydroxyl groups excluding tert-OH is 1. The molecule has 15 heavy (non-hydrogen) atoms.